The third kappa shape index (κ3) is 35.4. The number of rotatable bonds is 37. The highest BCUT2D eigenvalue weighted by molar-refractivity contribution is 7.45. The topological polar surface area (TPSA) is 108 Å². The summed E-state index contributed by atoms with van der Waals surface area (Å²) in [5, 5.41) is 13.5. The van der Waals surface area contributed by atoms with Crippen LogP contribution in [0.4, 0.5) is 0 Å². The fourth-order valence-electron chi connectivity index (χ4n) is 5.81. The zero-order valence-electron chi connectivity index (χ0n) is 33.4. The van der Waals surface area contributed by atoms with E-state index in [-0.39, 0.29) is 12.5 Å². The quantitative estimate of drug-likeness (QED) is 0.0285. The Bertz CT molecular complexity index is 876. The molecule has 9 heteroatoms. The van der Waals surface area contributed by atoms with E-state index in [1.54, 1.807) is 6.08 Å². The van der Waals surface area contributed by atoms with E-state index < -0.39 is 26.6 Å². The van der Waals surface area contributed by atoms with Crippen LogP contribution >= 0.6 is 7.82 Å². The number of phosphoric ester groups is 1. The second-order valence-corrected chi connectivity index (χ2v) is 16.8. The summed E-state index contributed by atoms with van der Waals surface area (Å²) in [6.07, 6.45) is 39.0. The number of carbonyl (C=O) groups is 1. The molecule has 0 saturated carbocycles. The lowest BCUT2D eigenvalue weighted by atomic mass is 10.0. The van der Waals surface area contributed by atoms with Gasteiger partial charge in [0.2, 0.25) is 5.91 Å². The van der Waals surface area contributed by atoms with E-state index in [2.05, 4.69) is 31.3 Å². The Labute approximate surface area is 309 Å². The molecule has 0 aliphatic rings. The van der Waals surface area contributed by atoms with Crippen molar-refractivity contribution in [3.8, 4) is 0 Å². The van der Waals surface area contributed by atoms with Crippen LogP contribution in [0.5, 0.6) is 0 Å². The SMILES string of the molecule is CCCCCCCCCCCCCCCCCCCCC/C=C/CC/C=C/C(O)C(COP(=O)([O-])OCC[N+](C)(C)C)NC(=O)CCCCC. The molecule has 0 aromatic carbocycles. The van der Waals surface area contributed by atoms with Gasteiger partial charge < -0.3 is 28.8 Å². The van der Waals surface area contributed by atoms with Gasteiger partial charge in [-0.05, 0) is 32.1 Å². The van der Waals surface area contributed by atoms with E-state index in [9.17, 15) is 19.4 Å². The van der Waals surface area contributed by atoms with Crippen LogP contribution < -0.4 is 10.2 Å². The minimum atomic E-state index is -4.57. The molecule has 0 saturated heterocycles. The number of amides is 1. The Kier molecular flexibility index (Phi) is 33.1. The fraction of sp³-hybridized carbons (Fsp3) is 0.878. The van der Waals surface area contributed by atoms with Crippen molar-refractivity contribution in [2.75, 3.05) is 40.9 Å². The van der Waals surface area contributed by atoms with Gasteiger partial charge in [-0.2, -0.15) is 0 Å². The van der Waals surface area contributed by atoms with Gasteiger partial charge in [0.25, 0.3) is 7.82 Å². The Morgan fingerprint density at radius 1 is 0.680 bits per heavy atom. The van der Waals surface area contributed by atoms with Crippen LogP contribution in [0.2, 0.25) is 0 Å². The second kappa shape index (κ2) is 33.8. The van der Waals surface area contributed by atoms with Crippen molar-refractivity contribution in [1.29, 1.82) is 0 Å². The van der Waals surface area contributed by atoms with E-state index in [0.29, 0.717) is 17.4 Å². The molecule has 50 heavy (non-hydrogen) atoms. The molecule has 296 valence electrons. The van der Waals surface area contributed by atoms with Gasteiger partial charge in [0.05, 0.1) is 39.9 Å². The van der Waals surface area contributed by atoms with E-state index in [4.69, 9.17) is 9.05 Å². The number of quaternary nitrogens is 1. The van der Waals surface area contributed by atoms with Crippen LogP contribution in [0.1, 0.15) is 181 Å². The molecule has 0 aliphatic carbocycles. The predicted octanol–water partition coefficient (Wildman–Crippen LogP) is 10.3. The first-order valence-corrected chi connectivity index (χ1v) is 22.2. The van der Waals surface area contributed by atoms with Gasteiger partial charge in [-0.3, -0.25) is 9.36 Å². The number of unbranched alkanes of at least 4 members (excludes halogenated alkanes) is 22. The molecule has 3 atom stereocenters. The van der Waals surface area contributed by atoms with Crippen LogP contribution in [-0.2, 0) is 18.4 Å². The normalized spacial score (nSPS) is 14.8. The summed E-state index contributed by atoms with van der Waals surface area (Å²) in [6.45, 7) is 4.44. The van der Waals surface area contributed by atoms with Gasteiger partial charge in [-0.15, -0.1) is 0 Å². The maximum absolute atomic E-state index is 12.4. The van der Waals surface area contributed by atoms with E-state index >= 15 is 0 Å². The van der Waals surface area contributed by atoms with Gasteiger partial charge in [0, 0.05) is 6.42 Å². The highest BCUT2D eigenvalue weighted by Gasteiger charge is 2.23. The second-order valence-electron chi connectivity index (χ2n) is 15.3. The average Bonchev–Trinajstić information content (AvgIpc) is 3.06. The van der Waals surface area contributed by atoms with Gasteiger partial charge in [0.1, 0.15) is 13.2 Å². The number of carbonyl (C=O) groups excluding carboxylic acids is 1. The highest BCUT2D eigenvalue weighted by atomic mass is 31.2. The number of likely N-dealkylation sites (N-methyl/N-ethyl adjacent to an activating group) is 1. The van der Waals surface area contributed by atoms with Crippen molar-refractivity contribution in [2.45, 2.75) is 193 Å². The molecule has 2 N–H and O–H groups in total. The molecule has 0 bridgehead atoms. The monoisotopic (exact) mass is 729 g/mol. The van der Waals surface area contributed by atoms with Gasteiger partial charge in [-0.1, -0.05) is 167 Å². The van der Waals surface area contributed by atoms with Gasteiger partial charge >= 0.3 is 0 Å². The highest BCUT2D eigenvalue weighted by Crippen LogP contribution is 2.38. The lowest BCUT2D eigenvalue weighted by molar-refractivity contribution is -0.870. The zero-order chi connectivity index (χ0) is 37.2. The minimum Gasteiger partial charge on any atom is -0.756 e. The first-order valence-electron chi connectivity index (χ1n) is 20.7. The number of allylic oxidation sites excluding steroid dienone is 3. The zero-order valence-corrected chi connectivity index (χ0v) is 34.2. The standard InChI is InChI=1S/C41H81N2O6P/c1-6-8-10-11-12-13-14-15-16-17-18-19-20-21-22-23-24-25-26-27-28-29-30-31-33-34-40(44)39(42-41(45)35-32-9-7-2)38-49-50(46,47)48-37-36-43(3,4)5/h28-29,33-34,39-40,44H,6-27,30-32,35-38H2,1-5H3,(H-,42,45,46,47)/b29-28+,34-33+. The number of hydrogen-bond acceptors (Lipinski definition) is 6. The summed E-state index contributed by atoms with van der Waals surface area (Å²) < 4.78 is 22.9. The van der Waals surface area contributed by atoms with Crippen molar-refractivity contribution in [2.24, 2.45) is 0 Å². The maximum Gasteiger partial charge on any atom is 0.268 e. The number of phosphoric acid groups is 1. The lowest BCUT2D eigenvalue weighted by Crippen LogP contribution is -2.45. The molecule has 0 rings (SSSR count). The third-order valence-electron chi connectivity index (χ3n) is 9.16. The summed E-state index contributed by atoms with van der Waals surface area (Å²) >= 11 is 0. The Morgan fingerprint density at radius 3 is 1.62 bits per heavy atom. The first kappa shape index (κ1) is 49.0. The molecular weight excluding hydrogens is 647 g/mol. The van der Waals surface area contributed by atoms with E-state index in [1.165, 1.54) is 122 Å². The van der Waals surface area contributed by atoms with E-state index in [1.807, 2.05) is 27.2 Å². The summed E-state index contributed by atoms with van der Waals surface area (Å²) in [5.41, 5.74) is 0. The summed E-state index contributed by atoms with van der Waals surface area (Å²) in [4.78, 5) is 24.7. The number of aliphatic hydroxyl groups excluding tert-OH is 1. The predicted molar refractivity (Wildman–Crippen MR) is 210 cm³/mol. The minimum absolute atomic E-state index is 0.00609. The van der Waals surface area contributed by atoms with Crippen molar-refractivity contribution in [3.63, 3.8) is 0 Å². The molecule has 0 fully saturated rings. The molecule has 0 aliphatic heterocycles. The Morgan fingerprint density at radius 2 is 1.12 bits per heavy atom. The number of aliphatic hydroxyl groups is 1. The number of hydrogen-bond donors (Lipinski definition) is 2. The summed E-state index contributed by atoms with van der Waals surface area (Å²) in [6, 6.07) is -0.894. The number of nitrogens with one attached hydrogen (secondary N) is 1. The van der Waals surface area contributed by atoms with Crippen LogP contribution in [0, 0.1) is 0 Å². The lowest BCUT2D eigenvalue weighted by Gasteiger charge is -2.29. The molecule has 0 spiro atoms. The van der Waals surface area contributed by atoms with Crippen LogP contribution in [0.15, 0.2) is 24.3 Å². The van der Waals surface area contributed by atoms with Gasteiger partial charge in [0.15, 0.2) is 0 Å². The third-order valence-corrected chi connectivity index (χ3v) is 10.1. The molecular formula is C41H81N2O6P. The van der Waals surface area contributed by atoms with Crippen molar-refractivity contribution >= 4 is 13.7 Å². The van der Waals surface area contributed by atoms with Crippen molar-refractivity contribution in [3.05, 3.63) is 24.3 Å². The van der Waals surface area contributed by atoms with Crippen LogP contribution in [0.25, 0.3) is 0 Å². The van der Waals surface area contributed by atoms with Crippen molar-refractivity contribution in [1.82, 2.24) is 5.32 Å². The molecule has 0 aromatic heterocycles. The summed E-state index contributed by atoms with van der Waals surface area (Å²) in [5.74, 6) is -0.232. The number of nitrogens with zero attached hydrogens (tertiary/aromatic N) is 1. The molecule has 0 radical (unpaired) electrons. The average molecular weight is 729 g/mol. The Balaban J connectivity index is 4.05. The molecule has 1 amide bonds. The van der Waals surface area contributed by atoms with Gasteiger partial charge in [-0.25, -0.2) is 0 Å². The molecule has 8 nitrogen and oxygen atoms in total. The summed E-state index contributed by atoms with van der Waals surface area (Å²) in [7, 11) is 1.24. The smallest absolute Gasteiger partial charge is 0.268 e. The largest absolute Gasteiger partial charge is 0.756 e. The molecule has 0 heterocycles. The molecule has 0 aromatic rings. The first-order chi connectivity index (χ1) is 24.0. The van der Waals surface area contributed by atoms with Crippen LogP contribution in [-0.4, -0.2) is 68.5 Å². The van der Waals surface area contributed by atoms with Crippen molar-refractivity contribution < 1.29 is 32.9 Å². The maximum atomic E-state index is 12.4. The fourth-order valence-corrected chi connectivity index (χ4v) is 6.54. The molecule has 3 unspecified atom stereocenters. The van der Waals surface area contributed by atoms with E-state index in [0.717, 1.165) is 38.5 Å². The Hall–Kier alpha value is -1.02. The van der Waals surface area contributed by atoms with Crippen LogP contribution in [0.3, 0.4) is 0 Å².